The van der Waals surface area contributed by atoms with E-state index in [0.717, 1.165) is 16.7 Å². The predicted molar refractivity (Wildman–Crippen MR) is 118 cm³/mol. The van der Waals surface area contributed by atoms with E-state index in [-0.39, 0.29) is 6.42 Å². The van der Waals surface area contributed by atoms with Crippen LogP contribution in [0.1, 0.15) is 25.3 Å². The number of carbonyl (C=O) groups excluding carboxylic acids is 2. The molecule has 0 aliphatic heterocycles. The molecule has 0 fully saturated rings. The summed E-state index contributed by atoms with van der Waals surface area (Å²) in [6, 6.07) is 14.9. The van der Waals surface area contributed by atoms with Gasteiger partial charge in [-0.25, -0.2) is 0 Å². The molecule has 0 aromatic heterocycles. The number of carbonyl (C=O) groups is 3. The van der Waals surface area contributed by atoms with Gasteiger partial charge in [0.15, 0.2) is 5.76 Å². The highest BCUT2D eigenvalue weighted by Gasteiger charge is 2.21. The molecule has 0 saturated carbocycles. The fourth-order valence-corrected chi connectivity index (χ4v) is 3.30. The molecule has 7 nitrogen and oxygen atoms in total. The van der Waals surface area contributed by atoms with Gasteiger partial charge in [0, 0.05) is 11.1 Å². The summed E-state index contributed by atoms with van der Waals surface area (Å²) >= 11 is 6.04. The molecule has 8 heteroatoms. The molecule has 0 heterocycles. The van der Waals surface area contributed by atoms with Crippen molar-refractivity contribution in [2.45, 2.75) is 32.2 Å². The average molecular weight is 445 g/mol. The van der Waals surface area contributed by atoms with E-state index >= 15 is 0 Å². The van der Waals surface area contributed by atoms with Gasteiger partial charge < -0.3 is 21.3 Å². The minimum Gasteiger partial charge on any atom is -0.503 e. The lowest BCUT2D eigenvalue weighted by Gasteiger charge is -2.20. The molecular formula is C23H25ClN2O5. The third-order valence-electron chi connectivity index (χ3n) is 4.80. The Morgan fingerprint density at radius 2 is 1.77 bits per heavy atom. The van der Waals surface area contributed by atoms with Gasteiger partial charge in [-0.15, -0.1) is 0 Å². The maximum atomic E-state index is 12.1. The normalized spacial score (nSPS) is 13.3. The van der Waals surface area contributed by atoms with Crippen molar-refractivity contribution in [2.24, 2.45) is 11.7 Å². The number of aliphatic carboxylic acids is 1. The molecule has 0 radical (unpaired) electrons. The molecule has 0 spiro atoms. The lowest BCUT2D eigenvalue weighted by molar-refractivity contribution is -0.141. The largest absolute Gasteiger partial charge is 0.503 e. The Bertz CT molecular complexity index is 972. The van der Waals surface area contributed by atoms with Gasteiger partial charge in [-0.2, -0.15) is 0 Å². The zero-order chi connectivity index (χ0) is 23.0. The van der Waals surface area contributed by atoms with Gasteiger partial charge in [-0.1, -0.05) is 54.9 Å². The number of carboxylic acids is 1. The summed E-state index contributed by atoms with van der Waals surface area (Å²) in [5.41, 5.74) is 7.95. The summed E-state index contributed by atoms with van der Waals surface area (Å²) in [5.74, 6) is -4.33. The fraction of sp³-hybridized carbons (Fsp3) is 0.261. The van der Waals surface area contributed by atoms with Crippen LogP contribution in [0.2, 0.25) is 5.02 Å². The Kier molecular flexibility index (Phi) is 8.63. The molecule has 2 aromatic rings. The Morgan fingerprint density at radius 3 is 2.35 bits per heavy atom. The maximum absolute atomic E-state index is 12.1. The topological polar surface area (TPSA) is 130 Å². The second-order valence-electron chi connectivity index (χ2n) is 7.32. The van der Waals surface area contributed by atoms with E-state index in [1.54, 1.807) is 6.92 Å². The highest BCUT2D eigenvalue weighted by atomic mass is 35.5. The first-order valence-electron chi connectivity index (χ1n) is 9.74. The van der Waals surface area contributed by atoms with Gasteiger partial charge in [-0.3, -0.25) is 14.4 Å². The number of carboxylic acid groups (broad SMARTS) is 1. The maximum Gasteiger partial charge on any atom is 0.306 e. The molecule has 0 bridgehead atoms. The number of nitrogens with two attached hydrogens (primary N) is 1. The van der Waals surface area contributed by atoms with E-state index in [1.165, 1.54) is 0 Å². The minimum absolute atomic E-state index is 0.172. The Hall–Kier alpha value is -3.32. The van der Waals surface area contributed by atoms with Gasteiger partial charge in [0.25, 0.3) is 5.91 Å². The van der Waals surface area contributed by atoms with Gasteiger partial charge >= 0.3 is 5.97 Å². The lowest BCUT2D eigenvalue weighted by atomic mass is 9.95. The van der Waals surface area contributed by atoms with Gasteiger partial charge in [0.05, 0.1) is 12.0 Å². The molecule has 0 aliphatic carbocycles. The van der Waals surface area contributed by atoms with E-state index in [2.05, 4.69) is 5.32 Å². The molecule has 2 amide bonds. The monoisotopic (exact) mass is 444 g/mol. The molecule has 2 rings (SSSR count). The van der Waals surface area contributed by atoms with Crippen molar-refractivity contribution in [1.29, 1.82) is 0 Å². The molecular weight excluding hydrogens is 420 g/mol. The number of benzene rings is 2. The highest BCUT2D eigenvalue weighted by Crippen LogP contribution is 2.23. The number of nitrogens with one attached hydrogen (secondary N) is 1. The number of hydrogen-bond acceptors (Lipinski definition) is 4. The summed E-state index contributed by atoms with van der Waals surface area (Å²) in [6.45, 7) is 1.54. The summed E-state index contributed by atoms with van der Waals surface area (Å²) in [7, 11) is 0. The summed E-state index contributed by atoms with van der Waals surface area (Å²) in [6.07, 6.45) is 1.81. The SMILES string of the molecule is C[C@@H](C[C@@H](CCc1ccc(-c2cccc(Cl)c2)cc1)NC(=O)/C(O)=C/C(N)=O)C(=O)O. The number of aliphatic hydroxyl groups is 1. The molecule has 31 heavy (non-hydrogen) atoms. The fourth-order valence-electron chi connectivity index (χ4n) is 3.11. The molecule has 0 saturated heterocycles. The molecule has 164 valence electrons. The van der Waals surface area contributed by atoms with Gasteiger partial charge in [-0.05, 0) is 48.1 Å². The predicted octanol–water partition coefficient (Wildman–Crippen LogP) is 3.46. The number of halogens is 1. The zero-order valence-electron chi connectivity index (χ0n) is 17.0. The molecule has 0 aliphatic rings. The van der Waals surface area contributed by atoms with Crippen LogP contribution in [0.4, 0.5) is 0 Å². The summed E-state index contributed by atoms with van der Waals surface area (Å²) in [5, 5.41) is 22.1. The quantitative estimate of drug-likeness (QED) is 0.329. The molecule has 2 aromatic carbocycles. The number of aliphatic hydroxyl groups excluding tert-OH is 1. The van der Waals surface area contributed by atoms with Crippen LogP contribution in [0.25, 0.3) is 11.1 Å². The Labute approximate surface area is 185 Å². The van der Waals surface area contributed by atoms with Crippen molar-refractivity contribution in [3.8, 4) is 11.1 Å². The van der Waals surface area contributed by atoms with Crippen LogP contribution in [0.3, 0.4) is 0 Å². The first kappa shape index (κ1) is 24.0. The van der Waals surface area contributed by atoms with Crippen LogP contribution < -0.4 is 11.1 Å². The first-order chi connectivity index (χ1) is 14.7. The summed E-state index contributed by atoms with van der Waals surface area (Å²) < 4.78 is 0. The van der Waals surface area contributed by atoms with Crippen LogP contribution in [-0.4, -0.2) is 34.0 Å². The van der Waals surface area contributed by atoms with Crippen molar-refractivity contribution in [2.75, 3.05) is 0 Å². The first-order valence-corrected chi connectivity index (χ1v) is 10.1. The highest BCUT2D eigenvalue weighted by molar-refractivity contribution is 6.30. The number of hydrogen-bond donors (Lipinski definition) is 4. The van der Waals surface area contributed by atoms with Crippen LogP contribution in [0.5, 0.6) is 0 Å². The molecule has 0 unspecified atom stereocenters. The second-order valence-corrected chi connectivity index (χ2v) is 7.76. The number of aryl methyl sites for hydroxylation is 1. The van der Waals surface area contributed by atoms with E-state index in [0.29, 0.717) is 23.9 Å². The second kappa shape index (κ2) is 11.2. The van der Waals surface area contributed by atoms with E-state index < -0.39 is 35.5 Å². The van der Waals surface area contributed by atoms with Gasteiger partial charge in [0.2, 0.25) is 5.91 Å². The minimum atomic E-state index is -0.984. The number of rotatable bonds is 10. The lowest BCUT2D eigenvalue weighted by Crippen LogP contribution is -2.38. The average Bonchev–Trinajstić information content (AvgIpc) is 2.71. The van der Waals surface area contributed by atoms with Crippen molar-refractivity contribution in [3.63, 3.8) is 0 Å². The molecule has 2 atom stereocenters. The van der Waals surface area contributed by atoms with Gasteiger partial charge in [0.1, 0.15) is 0 Å². The number of primary amides is 1. The van der Waals surface area contributed by atoms with Crippen LogP contribution in [0, 0.1) is 5.92 Å². The van der Waals surface area contributed by atoms with Crippen LogP contribution in [0.15, 0.2) is 60.4 Å². The Morgan fingerprint density at radius 1 is 1.10 bits per heavy atom. The van der Waals surface area contributed by atoms with Crippen molar-refractivity contribution < 1.29 is 24.6 Å². The third-order valence-corrected chi connectivity index (χ3v) is 5.03. The summed E-state index contributed by atoms with van der Waals surface area (Å²) in [4.78, 5) is 34.2. The standard InChI is InChI=1S/C23H25ClN2O5/c1-14(23(30)31)11-19(26-22(29)20(27)13-21(25)28)10-7-15-5-8-16(9-6-15)17-3-2-4-18(24)12-17/h2-6,8-9,12-14,19,27H,7,10-11H2,1H3,(H2,25,28)(H,26,29)(H,30,31)/b20-13-/t14-,19+/m0/s1. The smallest absolute Gasteiger partial charge is 0.306 e. The Balaban J connectivity index is 2.07. The van der Waals surface area contributed by atoms with E-state index in [9.17, 15) is 24.6 Å². The van der Waals surface area contributed by atoms with Crippen molar-refractivity contribution >= 4 is 29.4 Å². The van der Waals surface area contributed by atoms with Crippen molar-refractivity contribution in [1.82, 2.24) is 5.32 Å². The third kappa shape index (κ3) is 7.79. The van der Waals surface area contributed by atoms with Crippen molar-refractivity contribution in [3.05, 3.63) is 71.0 Å². The van der Waals surface area contributed by atoms with Crippen LogP contribution in [-0.2, 0) is 20.8 Å². The van der Waals surface area contributed by atoms with Crippen LogP contribution >= 0.6 is 11.6 Å². The van der Waals surface area contributed by atoms with E-state index in [1.807, 2.05) is 48.5 Å². The molecule has 5 N–H and O–H groups in total. The number of amides is 2. The van der Waals surface area contributed by atoms with E-state index in [4.69, 9.17) is 17.3 Å². The zero-order valence-corrected chi connectivity index (χ0v) is 17.8.